The van der Waals surface area contributed by atoms with Crippen LogP contribution in [0.1, 0.15) is 19.4 Å². The topological polar surface area (TPSA) is 52.8 Å². The van der Waals surface area contributed by atoms with Crippen molar-refractivity contribution in [1.29, 1.82) is 0 Å². The Morgan fingerprint density at radius 1 is 1.11 bits per heavy atom. The Morgan fingerprint density at radius 3 is 2.46 bits per heavy atom. The largest absolute Gasteiger partial charge is 0.494 e. The summed E-state index contributed by atoms with van der Waals surface area (Å²) in [6.45, 7) is 5.43. The van der Waals surface area contributed by atoms with Gasteiger partial charge in [0, 0.05) is 0 Å². The summed E-state index contributed by atoms with van der Waals surface area (Å²) in [6.07, 6.45) is 5.74. The zero-order valence-corrected chi connectivity index (χ0v) is 16.8. The fourth-order valence-electron chi connectivity index (χ4n) is 2.83. The Morgan fingerprint density at radius 2 is 1.79 bits per heavy atom. The molecule has 5 nitrogen and oxygen atoms in total. The molecule has 0 aliphatic carbocycles. The summed E-state index contributed by atoms with van der Waals surface area (Å²) in [7, 11) is 0. The van der Waals surface area contributed by atoms with Crippen molar-refractivity contribution in [3.05, 3.63) is 52.8 Å². The highest BCUT2D eigenvalue weighted by Gasteiger charge is 2.09. The molecule has 144 valence electrons. The van der Waals surface area contributed by atoms with Gasteiger partial charge in [0.1, 0.15) is 11.5 Å². The predicted molar refractivity (Wildman–Crippen MR) is 112 cm³/mol. The standard InChI is InChI=1S/C22H22N2O3S/c1-4-13-24-19-12-11-18(27-6-3)15-20(19)28-22(24)23-21(25)14-16-7-9-17(10-8-16)26-5-2/h1,7-12,15H,5-6,13-14H2,2-3H3. The monoisotopic (exact) mass is 394 g/mol. The molecule has 0 N–H and O–H groups in total. The first kappa shape index (κ1) is 19.7. The van der Waals surface area contributed by atoms with E-state index in [2.05, 4.69) is 10.9 Å². The Labute approximate surface area is 168 Å². The molecule has 0 saturated heterocycles. The van der Waals surface area contributed by atoms with E-state index < -0.39 is 0 Å². The molecule has 0 fully saturated rings. The summed E-state index contributed by atoms with van der Waals surface area (Å²) in [6, 6.07) is 13.3. The zero-order valence-electron chi connectivity index (χ0n) is 16.0. The van der Waals surface area contributed by atoms with Gasteiger partial charge in [0.05, 0.1) is 36.4 Å². The summed E-state index contributed by atoms with van der Waals surface area (Å²) in [5.41, 5.74) is 1.83. The molecule has 28 heavy (non-hydrogen) atoms. The highest BCUT2D eigenvalue weighted by Crippen LogP contribution is 2.23. The lowest BCUT2D eigenvalue weighted by atomic mass is 10.1. The van der Waals surface area contributed by atoms with Gasteiger partial charge in [0.2, 0.25) is 0 Å². The number of amides is 1. The van der Waals surface area contributed by atoms with E-state index in [1.165, 1.54) is 11.3 Å². The molecule has 3 rings (SSSR count). The van der Waals surface area contributed by atoms with Gasteiger partial charge in [-0.05, 0) is 49.7 Å². The minimum absolute atomic E-state index is 0.216. The Hall–Kier alpha value is -3.04. The van der Waals surface area contributed by atoms with Crippen molar-refractivity contribution in [2.75, 3.05) is 13.2 Å². The molecule has 0 saturated carbocycles. The van der Waals surface area contributed by atoms with Gasteiger partial charge >= 0.3 is 0 Å². The number of hydrogen-bond donors (Lipinski definition) is 0. The van der Waals surface area contributed by atoms with Gasteiger partial charge in [0.25, 0.3) is 5.91 Å². The number of rotatable bonds is 7. The number of nitrogens with zero attached hydrogens (tertiary/aromatic N) is 2. The number of ether oxygens (including phenoxy) is 2. The highest BCUT2D eigenvalue weighted by atomic mass is 32.1. The number of carbonyl (C=O) groups is 1. The molecule has 0 atom stereocenters. The van der Waals surface area contributed by atoms with Crippen molar-refractivity contribution < 1.29 is 14.3 Å². The number of aromatic nitrogens is 1. The second-order valence-corrected chi connectivity index (χ2v) is 7.01. The third-order valence-electron chi connectivity index (χ3n) is 4.02. The molecule has 3 aromatic rings. The maximum absolute atomic E-state index is 12.5. The van der Waals surface area contributed by atoms with Crippen molar-refractivity contribution >= 4 is 27.5 Å². The third-order valence-corrected chi connectivity index (χ3v) is 5.07. The van der Waals surface area contributed by atoms with Gasteiger partial charge < -0.3 is 14.0 Å². The molecule has 1 aromatic heterocycles. The number of fused-ring (bicyclic) bond motifs is 1. The van der Waals surface area contributed by atoms with Crippen LogP contribution in [0.2, 0.25) is 0 Å². The van der Waals surface area contributed by atoms with Gasteiger partial charge in [-0.3, -0.25) is 4.79 Å². The minimum atomic E-state index is -0.216. The van der Waals surface area contributed by atoms with Crippen LogP contribution in [0.3, 0.4) is 0 Å². The van der Waals surface area contributed by atoms with Crippen LogP contribution in [-0.2, 0) is 17.8 Å². The molecule has 0 spiro atoms. The normalized spacial score (nSPS) is 11.4. The average molecular weight is 394 g/mol. The fourth-order valence-corrected chi connectivity index (χ4v) is 3.91. The van der Waals surface area contributed by atoms with E-state index in [1.807, 2.05) is 60.9 Å². The predicted octanol–water partition coefficient (Wildman–Crippen LogP) is 3.80. The van der Waals surface area contributed by atoms with Gasteiger partial charge in [-0.2, -0.15) is 4.99 Å². The molecule has 6 heteroatoms. The second-order valence-electron chi connectivity index (χ2n) is 6.00. The molecule has 0 unspecified atom stereocenters. The lowest BCUT2D eigenvalue weighted by molar-refractivity contribution is -0.117. The third kappa shape index (κ3) is 4.62. The molecule has 2 aromatic carbocycles. The van der Waals surface area contributed by atoms with Crippen LogP contribution in [0, 0.1) is 12.3 Å². The van der Waals surface area contributed by atoms with Crippen LogP contribution in [0.4, 0.5) is 0 Å². The summed E-state index contributed by atoms with van der Waals surface area (Å²) in [5, 5.41) is 0. The Kier molecular flexibility index (Phi) is 6.51. The lowest BCUT2D eigenvalue weighted by Gasteiger charge is -2.04. The van der Waals surface area contributed by atoms with Crippen LogP contribution >= 0.6 is 11.3 Å². The van der Waals surface area contributed by atoms with Crippen molar-refractivity contribution in [2.45, 2.75) is 26.8 Å². The molecule has 1 heterocycles. The van der Waals surface area contributed by atoms with Gasteiger partial charge in [-0.1, -0.05) is 29.4 Å². The first-order chi connectivity index (χ1) is 13.6. The molecular formula is C22H22N2O3S. The second kappa shape index (κ2) is 9.25. The summed E-state index contributed by atoms with van der Waals surface area (Å²) in [5.74, 6) is 4.00. The summed E-state index contributed by atoms with van der Waals surface area (Å²) >= 11 is 1.43. The van der Waals surface area contributed by atoms with E-state index in [0.29, 0.717) is 24.6 Å². The van der Waals surface area contributed by atoms with E-state index >= 15 is 0 Å². The number of terminal acetylenes is 1. The molecule has 0 bridgehead atoms. The first-order valence-corrected chi connectivity index (χ1v) is 9.95. The Bertz CT molecular complexity index is 1070. The maximum atomic E-state index is 12.5. The summed E-state index contributed by atoms with van der Waals surface area (Å²) in [4.78, 5) is 17.4. The maximum Gasteiger partial charge on any atom is 0.252 e. The molecule has 1 amide bonds. The SMILES string of the molecule is C#CCn1c(=NC(=O)Cc2ccc(OCC)cc2)sc2cc(OCC)ccc21. The Balaban J connectivity index is 1.89. The van der Waals surface area contributed by atoms with Gasteiger partial charge in [0.15, 0.2) is 4.80 Å². The van der Waals surface area contributed by atoms with E-state index in [1.54, 1.807) is 0 Å². The lowest BCUT2D eigenvalue weighted by Crippen LogP contribution is -2.17. The van der Waals surface area contributed by atoms with Crippen LogP contribution in [0.25, 0.3) is 10.2 Å². The van der Waals surface area contributed by atoms with Crippen molar-refractivity contribution in [1.82, 2.24) is 4.57 Å². The average Bonchev–Trinajstić information content (AvgIpc) is 3.00. The fraction of sp³-hybridized carbons (Fsp3) is 0.273. The number of carbonyl (C=O) groups excluding carboxylic acids is 1. The number of benzene rings is 2. The summed E-state index contributed by atoms with van der Waals surface area (Å²) < 4.78 is 13.8. The van der Waals surface area contributed by atoms with Crippen molar-refractivity contribution in [2.24, 2.45) is 4.99 Å². The van der Waals surface area contributed by atoms with E-state index in [0.717, 1.165) is 27.3 Å². The van der Waals surface area contributed by atoms with Crippen LogP contribution in [0.5, 0.6) is 11.5 Å². The first-order valence-electron chi connectivity index (χ1n) is 9.13. The molecule has 0 radical (unpaired) electrons. The van der Waals surface area contributed by atoms with E-state index in [9.17, 15) is 4.79 Å². The number of thiazole rings is 1. The van der Waals surface area contributed by atoms with Crippen LogP contribution in [-0.4, -0.2) is 23.7 Å². The quantitative estimate of drug-likeness (QED) is 0.573. The van der Waals surface area contributed by atoms with Crippen molar-refractivity contribution in [3.63, 3.8) is 0 Å². The van der Waals surface area contributed by atoms with Crippen LogP contribution < -0.4 is 14.3 Å². The van der Waals surface area contributed by atoms with E-state index in [-0.39, 0.29) is 12.3 Å². The van der Waals surface area contributed by atoms with Crippen LogP contribution in [0.15, 0.2) is 47.5 Å². The molecule has 0 aliphatic rings. The number of hydrogen-bond acceptors (Lipinski definition) is 4. The van der Waals surface area contributed by atoms with E-state index in [4.69, 9.17) is 15.9 Å². The smallest absolute Gasteiger partial charge is 0.252 e. The van der Waals surface area contributed by atoms with Crippen molar-refractivity contribution in [3.8, 4) is 23.8 Å². The van der Waals surface area contributed by atoms with Gasteiger partial charge in [-0.25, -0.2) is 0 Å². The highest BCUT2D eigenvalue weighted by molar-refractivity contribution is 7.16. The molecular weight excluding hydrogens is 372 g/mol. The molecule has 0 aliphatic heterocycles. The minimum Gasteiger partial charge on any atom is -0.494 e. The van der Waals surface area contributed by atoms with Gasteiger partial charge in [-0.15, -0.1) is 6.42 Å². The zero-order chi connectivity index (χ0) is 19.9.